The fraction of sp³-hybridized carbons (Fsp3) is 0.0833. The summed E-state index contributed by atoms with van der Waals surface area (Å²) in [4.78, 5) is 4.44. The molecule has 1 aliphatic rings. The van der Waals surface area contributed by atoms with Crippen LogP contribution in [0.15, 0.2) is 36.5 Å². The molecule has 0 radical (unpaired) electrons. The van der Waals surface area contributed by atoms with E-state index in [2.05, 4.69) is 55.4 Å². The number of benzene rings is 1. The molecule has 0 saturated carbocycles. The smallest absolute Gasteiger partial charge is 0.0949 e. The summed E-state index contributed by atoms with van der Waals surface area (Å²) in [6.07, 6.45) is 6.11. The molecule has 1 aromatic heterocycles. The Morgan fingerprint density at radius 3 is 3.13 bits per heavy atom. The van der Waals surface area contributed by atoms with Gasteiger partial charge in [-0.1, -0.05) is 30.4 Å². The molecular weight excluding hydrogens is 252 g/mol. The lowest BCUT2D eigenvalue weighted by molar-refractivity contribution is 1.21. The first-order chi connectivity index (χ1) is 7.36. The third kappa shape index (κ3) is 1.35. The number of hydrogen-bond donors (Lipinski definition) is 0. The van der Waals surface area contributed by atoms with Crippen LogP contribution in [0.4, 0.5) is 5.69 Å². The lowest BCUT2D eigenvalue weighted by atomic mass is 10.1. The zero-order valence-electron chi connectivity index (χ0n) is 8.02. The third-order valence-corrected chi connectivity index (χ3v) is 3.23. The molecule has 0 unspecified atom stereocenters. The monoisotopic (exact) mass is 260 g/mol. The normalized spacial score (nSPS) is 14.3. The average molecular weight is 261 g/mol. The van der Waals surface area contributed by atoms with Crippen molar-refractivity contribution in [1.29, 1.82) is 0 Å². The van der Waals surface area contributed by atoms with Crippen LogP contribution < -0.4 is 3.93 Å². The molecule has 0 bridgehead atoms. The maximum absolute atomic E-state index is 4.44. The summed E-state index contributed by atoms with van der Waals surface area (Å²) < 4.78 is 2.05. The fourth-order valence-electron chi connectivity index (χ4n) is 1.90. The van der Waals surface area contributed by atoms with Crippen molar-refractivity contribution >= 4 is 38.8 Å². The van der Waals surface area contributed by atoms with Gasteiger partial charge in [-0.15, -0.1) is 0 Å². The summed E-state index contributed by atoms with van der Waals surface area (Å²) in [7, 11) is 0. The van der Waals surface area contributed by atoms with Crippen molar-refractivity contribution in [1.82, 2.24) is 4.98 Å². The van der Waals surface area contributed by atoms with Crippen LogP contribution in [0.25, 0.3) is 17.0 Å². The van der Waals surface area contributed by atoms with Gasteiger partial charge in [0.15, 0.2) is 0 Å². The Kier molecular flexibility index (Phi) is 1.99. The zero-order valence-corrected chi connectivity index (χ0v) is 9.61. The van der Waals surface area contributed by atoms with Crippen LogP contribution in [0.3, 0.4) is 0 Å². The van der Waals surface area contributed by atoms with E-state index in [0.717, 1.165) is 17.7 Å². The van der Waals surface area contributed by atoms with E-state index in [9.17, 15) is 0 Å². The second-order valence-electron chi connectivity index (χ2n) is 3.53. The highest BCUT2D eigenvalue weighted by Crippen LogP contribution is 2.34. The van der Waals surface area contributed by atoms with Crippen LogP contribution in [-0.2, 0) is 0 Å². The Labute approximate surface area is 96.6 Å². The molecule has 2 aromatic rings. The van der Waals surface area contributed by atoms with E-state index >= 15 is 0 Å². The molecule has 0 saturated heterocycles. The first kappa shape index (κ1) is 8.92. The highest BCUT2D eigenvalue weighted by atomic mass is 79.9. The van der Waals surface area contributed by atoms with Crippen molar-refractivity contribution in [3.05, 3.63) is 42.1 Å². The van der Waals surface area contributed by atoms with Crippen molar-refractivity contribution in [3.8, 4) is 0 Å². The van der Waals surface area contributed by atoms with Gasteiger partial charge in [-0.3, -0.25) is 4.98 Å². The number of pyridine rings is 1. The van der Waals surface area contributed by atoms with Crippen LogP contribution >= 0.6 is 16.1 Å². The zero-order chi connectivity index (χ0) is 10.3. The van der Waals surface area contributed by atoms with Gasteiger partial charge >= 0.3 is 0 Å². The highest BCUT2D eigenvalue weighted by molar-refractivity contribution is 9.10. The summed E-state index contributed by atoms with van der Waals surface area (Å²) in [5, 5.41) is 1.18. The largest absolute Gasteiger partial charge is 0.302 e. The molecular formula is C12H9BrN2. The molecule has 1 aromatic carbocycles. The molecule has 2 nitrogen and oxygen atoms in total. The van der Waals surface area contributed by atoms with E-state index in [1.54, 1.807) is 0 Å². The molecule has 3 heteroatoms. The number of nitrogens with zero attached hydrogens (tertiary/aromatic N) is 2. The Bertz CT molecular complexity index is 548. The van der Waals surface area contributed by atoms with Crippen LogP contribution in [0.5, 0.6) is 0 Å². The SMILES string of the molecule is BrN1CC=Cc2ccc3cccnc3c21. The van der Waals surface area contributed by atoms with E-state index in [1.807, 2.05) is 12.3 Å². The number of halogens is 1. The predicted octanol–water partition coefficient (Wildman–Crippen LogP) is 3.38. The highest BCUT2D eigenvalue weighted by Gasteiger charge is 2.14. The van der Waals surface area contributed by atoms with E-state index in [4.69, 9.17) is 0 Å². The molecule has 0 spiro atoms. The topological polar surface area (TPSA) is 16.1 Å². The maximum Gasteiger partial charge on any atom is 0.0949 e. The molecule has 0 N–H and O–H groups in total. The van der Waals surface area contributed by atoms with E-state index in [-0.39, 0.29) is 0 Å². The van der Waals surface area contributed by atoms with Gasteiger partial charge in [0.05, 0.1) is 27.4 Å². The van der Waals surface area contributed by atoms with Crippen LogP contribution in [0.1, 0.15) is 5.56 Å². The Morgan fingerprint density at radius 2 is 2.20 bits per heavy atom. The average Bonchev–Trinajstić information content (AvgIpc) is 2.29. The summed E-state index contributed by atoms with van der Waals surface area (Å²) in [5.74, 6) is 0. The molecule has 74 valence electrons. The molecule has 1 aliphatic heterocycles. The molecule has 15 heavy (non-hydrogen) atoms. The Hall–Kier alpha value is -1.35. The molecule has 3 rings (SSSR count). The molecule has 0 aliphatic carbocycles. The minimum absolute atomic E-state index is 0.878. The summed E-state index contributed by atoms with van der Waals surface area (Å²) in [5.41, 5.74) is 3.43. The summed E-state index contributed by atoms with van der Waals surface area (Å²) in [6, 6.07) is 8.29. The van der Waals surface area contributed by atoms with Crippen molar-refractivity contribution in [2.75, 3.05) is 10.5 Å². The first-order valence-corrected chi connectivity index (χ1v) is 5.55. The standard InChI is InChI=1S/C12H9BrN2/c13-15-8-2-4-10-6-5-9-3-1-7-14-11(9)12(10)15/h1-7H,8H2. The summed E-state index contributed by atoms with van der Waals surface area (Å²) in [6.45, 7) is 0.878. The Balaban J connectivity index is 2.41. The van der Waals surface area contributed by atoms with E-state index in [1.165, 1.54) is 10.9 Å². The lowest BCUT2D eigenvalue weighted by Crippen LogP contribution is -2.14. The van der Waals surface area contributed by atoms with Crippen molar-refractivity contribution in [2.24, 2.45) is 0 Å². The van der Waals surface area contributed by atoms with Gasteiger partial charge in [-0.25, -0.2) is 0 Å². The number of hydrogen-bond acceptors (Lipinski definition) is 2. The second kappa shape index (κ2) is 3.35. The minimum atomic E-state index is 0.878. The van der Waals surface area contributed by atoms with Crippen molar-refractivity contribution in [2.45, 2.75) is 0 Å². The van der Waals surface area contributed by atoms with E-state index in [0.29, 0.717) is 0 Å². The fourth-order valence-corrected chi connectivity index (χ4v) is 2.44. The van der Waals surface area contributed by atoms with Gasteiger partial charge in [0, 0.05) is 23.7 Å². The first-order valence-electron chi connectivity index (χ1n) is 4.84. The molecule has 0 atom stereocenters. The number of fused-ring (bicyclic) bond motifs is 3. The van der Waals surface area contributed by atoms with E-state index < -0.39 is 0 Å². The second-order valence-corrected chi connectivity index (χ2v) is 4.38. The van der Waals surface area contributed by atoms with Gasteiger partial charge in [-0.2, -0.15) is 0 Å². The number of aromatic nitrogens is 1. The van der Waals surface area contributed by atoms with Gasteiger partial charge < -0.3 is 3.93 Å². The maximum atomic E-state index is 4.44. The van der Waals surface area contributed by atoms with Gasteiger partial charge in [-0.05, 0) is 6.07 Å². The number of rotatable bonds is 0. The van der Waals surface area contributed by atoms with Gasteiger partial charge in [0.25, 0.3) is 0 Å². The van der Waals surface area contributed by atoms with Crippen molar-refractivity contribution in [3.63, 3.8) is 0 Å². The quantitative estimate of drug-likeness (QED) is 0.676. The third-order valence-electron chi connectivity index (χ3n) is 2.58. The summed E-state index contributed by atoms with van der Waals surface area (Å²) >= 11 is 3.55. The molecule has 2 heterocycles. The number of anilines is 1. The lowest BCUT2D eigenvalue weighted by Gasteiger charge is -2.22. The van der Waals surface area contributed by atoms with Gasteiger partial charge in [0.1, 0.15) is 0 Å². The van der Waals surface area contributed by atoms with Crippen molar-refractivity contribution < 1.29 is 0 Å². The molecule has 0 amide bonds. The predicted molar refractivity (Wildman–Crippen MR) is 67.1 cm³/mol. The van der Waals surface area contributed by atoms with Crippen LogP contribution in [0, 0.1) is 0 Å². The van der Waals surface area contributed by atoms with Gasteiger partial charge in [0.2, 0.25) is 0 Å². The molecule has 0 fully saturated rings. The van der Waals surface area contributed by atoms with Crippen LogP contribution in [0.2, 0.25) is 0 Å². The minimum Gasteiger partial charge on any atom is -0.302 e. The van der Waals surface area contributed by atoms with Crippen LogP contribution in [-0.4, -0.2) is 11.5 Å². The Morgan fingerprint density at radius 1 is 1.27 bits per heavy atom.